The summed E-state index contributed by atoms with van der Waals surface area (Å²) in [5.41, 5.74) is 5.40. The van der Waals surface area contributed by atoms with Gasteiger partial charge in [-0.3, -0.25) is 18.4 Å². The molecule has 4 unspecified atom stereocenters. The van der Waals surface area contributed by atoms with Crippen LogP contribution in [0.25, 0.3) is 6.08 Å². The number of amides is 1. The van der Waals surface area contributed by atoms with Gasteiger partial charge in [-0.1, -0.05) is 12.2 Å². The van der Waals surface area contributed by atoms with Gasteiger partial charge in [0.05, 0.1) is 19.3 Å². The number of carbonyl (C=O) groups is 1. The minimum absolute atomic E-state index is 0.0135. The van der Waals surface area contributed by atoms with Crippen molar-refractivity contribution in [3.63, 3.8) is 0 Å². The van der Waals surface area contributed by atoms with E-state index in [1.165, 1.54) is 19.2 Å². The summed E-state index contributed by atoms with van der Waals surface area (Å²) in [7, 11) is -4.26. The van der Waals surface area contributed by atoms with Crippen molar-refractivity contribution in [2.75, 3.05) is 32.1 Å². The van der Waals surface area contributed by atoms with E-state index >= 15 is 0 Å². The highest BCUT2D eigenvalue weighted by molar-refractivity contribution is 7.47. The number of anilines is 1. The zero-order valence-electron chi connectivity index (χ0n) is 16.2. The number of aliphatic hydroxyl groups is 2. The number of aromatic nitrogens is 2. The fourth-order valence-corrected chi connectivity index (χ4v) is 3.39. The average Bonchev–Trinajstić information content (AvgIpc) is 3.05. The van der Waals surface area contributed by atoms with Crippen molar-refractivity contribution in [2.24, 2.45) is 0 Å². The van der Waals surface area contributed by atoms with Crippen LogP contribution in [0.2, 0.25) is 0 Å². The molecule has 6 N–H and O–H groups in total. The molecule has 1 aromatic rings. The van der Waals surface area contributed by atoms with Crippen LogP contribution in [0.15, 0.2) is 17.1 Å². The minimum atomic E-state index is -4.26. The lowest BCUT2D eigenvalue weighted by Gasteiger charge is -2.18. The molecule has 168 valence electrons. The molecule has 1 fully saturated rings. The number of rotatable bonds is 10. The first-order chi connectivity index (χ1) is 14.2. The van der Waals surface area contributed by atoms with Crippen molar-refractivity contribution in [1.29, 1.82) is 0 Å². The van der Waals surface area contributed by atoms with Crippen LogP contribution < -0.4 is 16.7 Å². The highest BCUT2D eigenvalue weighted by Crippen LogP contribution is 2.44. The van der Waals surface area contributed by atoms with Gasteiger partial charge in [0.25, 0.3) is 0 Å². The molecule has 0 aromatic carbocycles. The molecule has 0 radical (unpaired) electrons. The first kappa shape index (κ1) is 24.2. The predicted molar refractivity (Wildman–Crippen MR) is 104 cm³/mol. The maximum Gasteiger partial charge on any atom is 0.472 e. The predicted octanol–water partition coefficient (Wildman–Crippen LogP) is -1.25. The number of ether oxygens (including phenoxy) is 1. The van der Waals surface area contributed by atoms with E-state index in [-0.39, 0.29) is 25.4 Å². The number of nitrogens with zero attached hydrogens (tertiary/aromatic N) is 2. The molecule has 0 aliphatic carbocycles. The SMILES string of the molecule is CCOP(=O)(O)OCC1OC(n2cc(/C=C/CNC(=O)CO)c(N)nc2=O)CC1O. The van der Waals surface area contributed by atoms with E-state index in [1.807, 2.05) is 0 Å². The third-order valence-electron chi connectivity index (χ3n) is 4.08. The molecule has 13 nitrogen and oxygen atoms in total. The smallest absolute Gasteiger partial charge is 0.390 e. The summed E-state index contributed by atoms with van der Waals surface area (Å²) < 4.78 is 27.7. The highest BCUT2D eigenvalue weighted by atomic mass is 31.2. The fraction of sp³-hybridized carbons (Fsp3) is 0.562. The van der Waals surface area contributed by atoms with Gasteiger partial charge in [-0.25, -0.2) is 9.36 Å². The number of hydrogen-bond acceptors (Lipinski definition) is 10. The Balaban J connectivity index is 2.08. The number of nitrogens with one attached hydrogen (secondary N) is 1. The molecule has 0 spiro atoms. The van der Waals surface area contributed by atoms with Crippen molar-refractivity contribution >= 4 is 25.6 Å². The number of nitrogens with two attached hydrogens (primary N) is 1. The van der Waals surface area contributed by atoms with E-state index in [0.29, 0.717) is 5.56 Å². The number of carbonyl (C=O) groups excluding carboxylic acids is 1. The van der Waals surface area contributed by atoms with Crippen LogP contribution in [0.3, 0.4) is 0 Å². The second-order valence-corrected chi connectivity index (χ2v) is 7.70. The Bertz CT molecular complexity index is 875. The lowest BCUT2D eigenvalue weighted by atomic mass is 10.2. The Morgan fingerprint density at radius 1 is 1.53 bits per heavy atom. The van der Waals surface area contributed by atoms with Gasteiger partial charge in [-0.05, 0) is 6.92 Å². The fourth-order valence-electron chi connectivity index (χ4n) is 2.65. The van der Waals surface area contributed by atoms with Crippen LogP contribution in [-0.4, -0.2) is 69.1 Å². The topological polar surface area (TPSA) is 195 Å². The van der Waals surface area contributed by atoms with Gasteiger partial charge in [0.15, 0.2) is 0 Å². The van der Waals surface area contributed by atoms with E-state index < -0.39 is 51.1 Å². The molecule has 0 saturated carbocycles. The lowest BCUT2D eigenvalue weighted by molar-refractivity contribution is -0.123. The first-order valence-electron chi connectivity index (χ1n) is 9.05. The normalized spacial score (nSPS) is 23.5. The van der Waals surface area contributed by atoms with Gasteiger partial charge in [-0.15, -0.1) is 0 Å². The molecule has 1 amide bonds. The molecule has 1 saturated heterocycles. The van der Waals surface area contributed by atoms with E-state index in [0.717, 1.165) is 4.57 Å². The van der Waals surface area contributed by atoms with Gasteiger partial charge in [0.1, 0.15) is 24.8 Å². The zero-order valence-corrected chi connectivity index (χ0v) is 17.1. The van der Waals surface area contributed by atoms with Crippen LogP contribution in [0.1, 0.15) is 25.1 Å². The summed E-state index contributed by atoms with van der Waals surface area (Å²) in [6, 6.07) is 0. The zero-order chi connectivity index (χ0) is 22.3. The summed E-state index contributed by atoms with van der Waals surface area (Å²) in [5.74, 6) is -0.591. The Morgan fingerprint density at radius 3 is 2.93 bits per heavy atom. The monoisotopic (exact) mass is 448 g/mol. The van der Waals surface area contributed by atoms with Crippen LogP contribution >= 0.6 is 7.82 Å². The van der Waals surface area contributed by atoms with E-state index in [9.17, 15) is 24.2 Å². The van der Waals surface area contributed by atoms with Gasteiger partial charge >= 0.3 is 13.5 Å². The molecule has 2 rings (SSSR count). The van der Waals surface area contributed by atoms with Crippen molar-refractivity contribution in [3.8, 4) is 0 Å². The largest absolute Gasteiger partial charge is 0.472 e. The second-order valence-electron chi connectivity index (χ2n) is 6.25. The minimum Gasteiger partial charge on any atom is -0.390 e. The molecule has 2 heterocycles. The molecule has 1 aliphatic rings. The summed E-state index contributed by atoms with van der Waals surface area (Å²) in [5, 5.41) is 21.2. The molecule has 30 heavy (non-hydrogen) atoms. The van der Waals surface area contributed by atoms with Gasteiger partial charge in [0, 0.05) is 24.7 Å². The number of aliphatic hydroxyl groups excluding tert-OH is 2. The summed E-state index contributed by atoms with van der Waals surface area (Å²) in [4.78, 5) is 36.4. The van der Waals surface area contributed by atoms with Gasteiger partial charge in [0.2, 0.25) is 5.91 Å². The maximum atomic E-state index is 12.2. The molecule has 4 atom stereocenters. The van der Waals surface area contributed by atoms with E-state index in [2.05, 4.69) is 14.8 Å². The number of nitrogen functional groups attached to an aromatic ring is 1. The van der Waals surface area contributed by atoms with Crippen molar-refractivity contribution in [1.82, 2.24) is 14.9 Å². The van der Waals surface area contributed by atoms with Crippen molar-refractivity contribution < 1.29 is 38.3 Å². The quantitative estimate of drug-likeness (QED) is 0.268. The van der Waals surface area contributed by atoms with Crippen molar-refractivity contribution in [3.05, 3.63) is 28.3 Å². The molecule has 1 aliphatic heterocycles. The third-order valence-corrected chi connectivity index (χ3v) is 5.14. The molecule has 1 aromatic heterocycles. The lowest BCUT2D eigenvalue weighted by Crippen LogP contribution is -2.29. The molecule has 0 bridgehead atoms. The Hall–Kier alpha value is -2.12. The first-order valence-corrected chi connectivity index (χ1v) is 10.5. The second kappa shape index (κ2) is 10.8. The van der Waals surface area contributed by atoms with Crippen molar-refractivity contribution in [2.45, 2.75) is 31.8 Å². The third kappa shape index (κ3) is 6.71. The standard InChI is InChI=1S/C16H25N4O9P/c1-2-27-30(25,26)28-9-12-11(22)6-14(29-12)20-7-10(15(17)19-16(20)24)4-3-5-18-13(23)8-21/h3-4,7,11-12,14,21-22H,2,5-6,8-9H2,1H3,(H,18,23)(H,25,26)(H2,17,19,24)/b4-3+. The van der Waals surface area contributed by atoms with E-state index in [4.69, 9.17) is 20.1 Å². The molecule has 14 heteroatoms. The summed E-state index contributed by atoms with van der Waals surface area (Å²) in [6.07, 6.45) is 1.53. The Kier molecular flexibility index (Phi) is 8.67. The van der Waals surface area contributed by atoms with Crippen LogP contribution in [-0.2, 0) is 23.1 Å². The molecular formula is C16H25N4O9P. The Labute approximate surface area is 171 Å². The average molecular weight is 448 g/mol. The number of phosphoric acid groups is 1. The van der Waals surface area contributed by atoms with Crippen LogP contribution in [0.5, 0.6) is 0 Å². The maximum absolute atomic E-state index is 12.2. The number of phosphoric ester groups is 1. The van der Waals surface area contributed by atoms with E-state index in [1.54, 1.807) is 6.08 Å². The highest BCUT2D eigenvalue weighted by Gasteiger charge is 2.37. The summed E-state index contributed by atoms with van der Waals surface area (Å²) >= 11 is 0. The van der Waals surface area contributed by atoms with Gasteiger partial charge < -0.3 is 30.9 Å². The molecular weight excluding hydrogens is 423 g/mol. The van der Waals surface area contributed by atoms with Crippen LogP contribution in [0, 0.1) is 0 Å². The van der Waals surface area contributed by atoms with Gasteiger partial charge in [-0.2, -0.15) is 4.98 Å². The summed E-state index contributed by atoms with van der Waals surface area (Å²) in [6.45, 7) is 0.565. The Morgan fingerprint density at radius 2 is 2.27 bits per heavy atom. The number of hydrogen-bond donors (Lipinski definition) is 5. The van der Waals surface area contributed by atoms with Crippen LogP contribution in [0.4, 0.5) is 5.82 Å².